The molecule has 192 valence electrons. The molecule has 1 amide bonds. The van der Waals surface area contributed by atoms with Crippen molar-refractivity contribution in [2.45, 2.75) is 38.3 Å². The van der Waals surface area contributed by atoms with E-state index < -0.39 is 21.9 Å². The minimum absolute atomic E-state index is 0.111. The average Bonchev–Trinajstić information content (AvgIpc) is 3.29. The van der Waals surface area contributed by atoms with E-state index in [-0.39, 0.29) is 24.1 Å². The molecule has 1 heterocycles. The van der Waals surface area contributed by atoms with Crippen molar-refractivity contribution in [2.24, 2.45) is 0 Å². The summed E-state index contributed by atoms with van der Waals surface area (Å²) < 4.78 is 33.9. The summed E-state index contributed by atoms with van der Waals surface area (Å²) in [7, 11) is -3.78. The van der Waals surface area contributed by atoms with Gasteiger partial charge in [0.2, 0.25) is 10.0 Å². The van der Waals surface area contributed by atoms with E-state index in [4.69, 9.17) is 4.74 Å². The fourth-order valence-electron chi connectivity index (χ4n) is 3.71. The highest BCUT2D eigenvalue weighted by Gasteiger charge is 2.27. The molecule has 0 spiro atoms. The molecule has 0 bridgehead atoms. The van der Waals surface area contributed by atoms with E-state index in [2.05, 4.69) is 10.3 Å². The minimum atomic E-state index is -3.78. The summed E-state index contributed by atoms with van der Waals surface area (Å²) in [4.78, 5) is 29.3. The second-order valence-electron chi connectivity index (χ2n) is 8.53. The molecule has 10 heteroatoms. The zero-order valence-electron chi connectivity index (χ0n) is 20.7. The zero-order chi connectivity index (χ0) is 26.6. The Morgan fingerprint density at radius 1 is 1.00 bits per heavy atom. The van der Waals surface area contributed by atoms with E-state index >= 15 is 0 Å². The van der Waals surface area contributed by atoms with Crippen molar-refractivity contribution in [3.05, 3.63) is 89.5 Å². The van der Waals surface area contributed by atoms with Gasteiger partial charge in [0.05, 0.1) is 27.3 Å². The van der Waals surface area contributed by atoms with Gasteiger partial charge in [-0.2, -0.15) is 4.31 Å². The third-order valence-electron chi connectivity index (χ3n) is 5.60. The largest absolute Gasteiger partial charge is 0.462 e. The summed E-state index contributed by atoms with van der Waals surface area (Å²) in [6.45, 7) is 5.93. The second kappa shape index (κ2) is 11.2. The van der Waals surface area contributed by atoms with Crippen molar-refractivity contribution >= 4 is 48.6 Å². The lowest BCUT2D eigenvalue weighted by Crippen LogP contribution is -2.36. The van der Waals surface area contributed by atoms with E-state index in [0.29, 0.717) is 21.8 Å². The van der Waals surface area contributed by atoms with Gasteiger partial charge in [0.1, 0.15) is 0 Å². The standard InChI is InChI=1S/C27H27N3O5S2/c1-4-35-26(32)21-12-15-23-24(16-21)36-27(28-23)29-25(31)20-10-13-22(14-11-20)37(33,34)30(18(2)3)17-19-8-6-5-7-9-19/h5-16,18H,4,17H2,1-3H3,(H,28,29,31). The van der Waals surface area contributed by atoms with Crippen LogP contribution in [0.25, 0.3) is 10.2 Å². The van der Waals surface area contributed by atoms with Crippen LogP contribution in [0.1, 0.15) is 47.1 Å². The number of anilines is 1. The summed E-state index contributed by atoms with van der Waals surface area (Å²) in [6, 6.07) is 20.0. The van der Waals surface area contributed by atoms with Crippen molar-refractivity contribution in [1.82, 2.24) is 9.29 Å². The maximum Gasteiger partial charge on any atom is 0.338 e. The molecule has 0 aliphatic carbocycles. The second-order valence-corrected chi connectivity index (χ2v) is 11.5. The van der Waals surface area contributed by atoms with Crippen LogP contribution in [0.3, 0.4) is 0 Å². The molecular formula is C27H27N3O5S2. The van der Waals surface area contributed by atoms with E-state index in [0.717, 1.165) is 10.3 Å². The van der Waals surface area contributed by atoms with Gasteiger partial charge >= 0.3 is 5.97 Å². The van der Waals surface area contributed by atoms with E-state index in [1.807, 2.05) is 44.2 Å². The van der Waals surface area contributed by atoms with Gasteiger partial charge in [0.15, 0.2) is 5.13 Å². The Labute approximate surface area is 220 Å². The van der Waals surface area contributed by atoms with Crippen LogP contribution in [-0.2, 0) is 21.3 Å². The first-order chi connectivity index (χ1) is 17.7. The molecule has 8 nitrogen and oxygen atoms in total. The Bertz CT molecular complexity index is 1510. The molecule has 0 aliphatic rings. The monoisotopic (exact) mass is 537 g/mol. The first-order valence-electron chi connectivity index (χ1n) is 11.7. The molecular weight excluding hydrogens is 510 g/mol. The quantitative estimate of drug-likeness (QED) is 0.290. The molecule has 0 atom stereocenters. The Hall–Kier alpha value is -3.60. The Morgan fingerprint density at radius 2 is 1.68 bits per heavy atom. The van der Waals surface area contributed by atoms with Crippen LogP contribution in [0.2, 0.25) is 0 Å². The van der Waals surface area contributed by atoms with Crippen molar-refractivity contribution in [3.8, 4) is 0 Å². The van der Waals surface area contributed by atoms with Crippen molar-refractivity contribution < 1.29 is 22.7 Å². The van der Waals surface area contributed by atoms with Gasteiger partial charge < -0.3 is 4.74 Å². The predicted molar refractivity (Wildman–Crippen MR) is 144 cm³/mol. The van der Waals surface area contributed by atoms with Crippen LogP contribution >= 0.6 is 11.3 Å². The Balaban J connectivity index is 1.49. The highest BCUT2D eigenvalue weighted by Crippen LogP contribution is 2.28. The summed E-state index contributed by atoms with van der Waals surface area (Å²) >= 11 is 1.23. The zero-order valence-corrected chi connectivity index (χ0v) is 22.3. The molecule has 0 aliphatic heterocycles. The van der Waals surface area contributed by atoms with Crippen LogP contribution in [0, 0.1) is 0 Å². The summed E-state index contributed by atoms with van der Waals surface area (Å²) in [5, 5.41) is 3.11. The third kappa shape index (κ3) is 6.04. The number of ether oxygens (including phenoxy) is 1. The number of nitrogens with one attached hydrogen (secondary N) is 1. The molecule has 0 saturated carbocycles. The molecule has 0 saturated heterocycles. The number of sulfonamides is 1. The fourth-order valence-corrected chi connectivity index (χ4v) is 6.24. The van der Waals surface area contributed by atoms with Crippen molar-refractivity contribution in [1.29, 1.82) is 0 Å². The Morgan fingerprint density at radius 3 is 2.32 bits per heavy atom. The van der Waals surface area contributed by atoms with Gasteiger partial charge in [-0.15, -0.1) is 0 Å². The van der Waals surface area contributed by atoms with Crippen molar-refractivity contribution in [2.75, 3.05) is 11.9 Å². The molecule has 0 unspecified atom stereocenters. The lowest BCUT2D eigenvalue weighted by molar-refractivity contribution is 0.0526. The number of aromatic nitrogens is 1. The SMILES string of the molecule is CCOC(=O)c1ccc2nc(NC(=O)c3ccc(S(=O)(=O)N(Cc4ccccc4)C(C)C)cc3)sc2c1. The molecule has 0 radical (unpaired) electrons. The van der Waals surface area contributed by atoms with E-state index in [1.54, 1.807) is 25.1 Å². The number of thiazole rings is 1. The molecule has 37 heavy (non-hydrogen) atoms. The topological polar surface area (TPSA) is 106 Å². The molecule has 4 aromatic rings. The lowest BCUT2D eigenvalue weighted by Gasteiger charge is -2.26. The number of hydrogen-bond acceptors (Lipinski definition) is 7. The number of carbonyl (C=O) groups excluding carboxylic acids is 2. The summed E-state index contributed by atoms with van der Waals surface area (Å²) in [5.74, 6) is -0.836. The normalized spacial score (nSPS) is 11.7. The van der Waals surface area contributed by atoms with Crippen molar-refractivity contribution in [3.63, 3.8) is 0 Å². The third-order valence-corrected chi connectivity index (χ3v) is 8.57. The molecule has 0 fully saturated rings. The van der Waals surface area contributed by atoms with Gasteiger partial charge in [-0.1, -0.05) is 41.7 Å². The van der Waals surface area contributed by atoms with Crippen LogP contribution in [0.5, 0.6) is 0 Å². The van der Waals surface area contributed by atoms with Gasteiger partial charge in [0, 0.05) is 18.2 Å². The first kappa shape index (κ1) is 26.5. The van der Waals surface area contributed by atoms with Crippen LogP contribution in [-0.4, -0.2) is 42.2 Å². The molecule has 3 aromatic carbocycles. The number of amides is 1. The van der Waals surface area contributed by atoms with E-state index in [1.165, 1.54) is 39.9 Å². The van der Waals surface area contributed by atoms with Gasteiger partial charge in [0.25, 0.3) is 5.91 Å². The lowest BCUT2D eigenvalue weighted by atomic mass is 10.2. The van der Waals surface area contributed by atoms with Crippen LogP contribution < -0.4 is 5.32 Å². The number of hydrogen-bond donors (Lipinski definition) is 1. The number of fused-ring (bicyclic) bond motifs is 1. The van der Waals surface area contributed by atoms with E-state index in [9.17, 15) is 18.0 Å². The highest BCUT2D eigenvalue weighted by atomic mass is 32.2. The minimum Gasteiger partial charge on any atom is -0.462 e. The number of esters is 1. The van der Waals surface area contributed by atoms with Crippen LogP contribution in [0.15, 0.2) is 77.7 Å². The summed E-state index contributed by atoms with van der Waals surface area (Å²) in [5.41, 5.74) is 2.24. The number of nitrogens with zero attached hydrogens (tertiary/aromatic N) is 2. The van der Waals surface area contributed by atoms with Crippen LogP contribution in [0.4, 0.5) is 5.13 Å². The average molecular weight is 538 g/mol. The fraction of sp³-hybridized carbons (Fsp3) is 0.222. The summed E-state index contributed by atoms with van der Waals surface area (Å²) in [6.07, 6.45) is 0. The maximum atomic E-state index is 13.4. The predicted octanol–water partition coefficient (Wildman–Crippen LogP) is 5.32. The van der Waals surface area contributed by atoms with Gasteiger partial charge in [-0.3, -0.25) is 10.1 Å². The maximum absolute atomic E-state index is 13.4. The van der Waals surface area contributed by atoms with Gasteiger partial charge in [-0.25, -0.2) is 18.2 Å². The number of carbonyl (C=O) groups is 2. The number of benzene rings is 3. The number of rotatable bonds is 9. The molecule has 1 aromatic heterocycles. The first-order valence-corrected chi connectivity index (χ1v) is 14.0. The molecule has 1 N–H and O–H groups in total. The highest BCUT2D eigenvalue weighted by molar-refractivity contribution is 7.89. The van der Waals surface area contributed by atoms with Gasteiger partial charge in [-0.05, 0) is 68.8 Å². The smallest absolute Gasteiger partial charge is 0.338 e. The Kier molecular flexibility index (Phi) is 8.01. The molecule has 4 rings (SSSR count).